The van der Waals surface area contributed by atoms with Crippen molar-refractivity contribution in [3.05, 3.63) is 36.7 Å². The summed E-state index contributed by atoms with van der Waals surface area (Å²) in [6, 6.07) is 3.16. The van der Waals surface area contributed by atoms with Gasteiger partial charge in [-0.05, 0) is 24.6 Å². The van der Waals surface area contributed by atoms with Crippen molar-refractivity contribution in [3.8, 4) is 5.75 Å². The van der Waals surface area contributed by atoms with E-state index in [1.54, 1.807) is 6.08 Å². The Morgan fingerprint density at radius 3 is 2.75 bits per heavy atom. The van der Waals surface area contributed by atoms with Gasteiger partial charge in [0.05, 0.1) is 6.61 Å². The van der Waals surface area contributed by atoms with Gasteiger partial charge in [-0.2, -0.15) is 0 Å². The Morgan fingerprint density at radius 2 is 2.19 bits per heavy atom. The Hall–Kier alpha value is -1.07. The van der Waals surface area contributed by atoms with E-state index in [9.17, 15) is 12.8 Å². The third kappa shape index (κ3) is 3.50. The van der Waals surface area contributed by atoms with E-state index in [2.05, 4.69) is 6.58 Å². The number of halogens is 2. The first-order valence-electron chi connectivity index (χ1n) is 4.43. The van der Waals surface area contributed by atoms with Crippen molar-refractivity contribution in [1.82, 2.24) is 0 Å². The Balaban J connectivity index is 3.04. The molecule has 0 unspecified atom stereocenters. The highest BCUT2D eigenvalue weighted by Gasteiger charge is 2.17. The molecular weight excluding hydrogens is 255 g/mol. The van der Waals surface area contributed by atoms with Crippen LogP contribution in [0.25, 0.3) is 0 Å². The molecule has 0 bridgehead atoms. The first-order valence-corrected chi connectivity index (χ1v) is 6.74. The average Bonchev–Trinajstić information content (AvgIpc) is 2.19. The van der Waals surface area contributed by atoms with Gasteiger partial charge in [-0.25, -0.2) is 12.8 Å². The van der Waals surface area contributed by atoms with E-state index in [4.69, 9.17) is 15.4 Å². The van der Waals surface area contributed by atoms with Crippen molar-refractivity contribution in [3.63, 3.8) is 0 Å². The molecule has 0 aliphatic rings. The molecule has 0 saturated carbocycles. The molecule has 0 spiro atoms. The van der Waals surface area contributed by atoms with Crippen LogP contribution in [0.2, 0.25) is 0 Å². The van der Waals surface area contributed by atoms with E-state index in [1.165, 1.54) is 6.07 Å². The molecule has 0 aliphatic heterocycles. The molecule has 0 aliphatic carbocycles. The van der Waals surface area contributed by atoms with Crippen LogP contribution in [0.15, 0.2) is 35.7 Å². The molecule has 0 amide bonds. The highest BCUT2D eigenvalue weighted by Crippen LogP contribution is 2.27. The summed E-state index contributed by atoms with van der Waals surface area (Å²) >= 11 is 0. The molecule has 6 heteroatoms. The standard InChI is InChI=1S/C10H10ClFO3S/c1-2-3-6-15-9-5-4-8(12)7-10(9)16(11,13)14/h2,4-5,7H,1,3,6H2. The van der Waals surface area contributed by atoms with Crippen molar-refractivity contribution >= 4 is 19.7 Å². The zero-order valence-corrected chi connectivity index (χ0v) is 9.89. The molecule has 0 radical (unpaired) electrons. The lowest BCUT2D eigenvalue weighted by Crippen LogP contribution is -2.01. The van der Waals surface area contributed by atoms with Gasteiger partial charge < -0.3 is 4.74 Å². The molecule has 1 aromatic rings. The van der Waals surface area contributed by atoms with Gasteiger partial charge in [-0.1, -0.05) is 6.08 Å². The van der Waals surface area contributed by atoms with E-state index in [-0.39, 0.29) is 17.3 Å². The summed E-state index contributed by atoms with van der Waals surface area (Å²) < 4.78 is 40.3. The van der Waals surface area contributed by atoms with Crippen LogP contribution >= 0.6 is 10.7 Å². The first kappa shape index (κ1) is 13.0. The Labute approximate surface area is 97.9 Å². The smallest absolute Gasteiger partial charge is 0.265 e. The molecule has 16 heavy (non-hydrogen) atoms. The summed E-state index contributed by atoms with van der Waals surface area (Å²) in [5, 5.41) is 0. The van der Waals surface area contributed by atoms with Gasteiger partial charge in [-0.15, -0.1) is 6.58 Å². The van der Waals surface area contributed by atoms with Crippen LogP contribution in [-0.4, -0.2) is 15.0 Å². The van der Waals surface area contributed by atoms with E-state index in [1.807, 2.05) is 0 Å². The molecule has 0 heterocycles. The maximum atomic E-state index is 12.9. The van der Waals surface area contributed by atoms with Crippen molar-refractivity contribution in [2.24, 2.45) is 0 Å². The molecule has 88 valence electrons. The van der Waals surface area contributed by atoms with Crippen molar-refractivity contribution in [1.29, 1.82) is 0 Å². The highest BCUT2D eigenvalue weighted by molar-refractivity contribution is 8.13. The predicted molar refractivity (Wildman–Crippen MR) is 59.7 cm³/mol. The van der Waals surface area contributed by atoms with Gasteiger partial charge in [0.25, 0.3) is 9.05 Å². The van der Waals surface area contributed by atoms with Crippen molar-refractivity contribution < 1.29 is 17.5 Å². The predicted octanol–water partition coefficient (Wildman–Crippen LogP) is 2.71. The fourth-order valence-corrected chi connectivity index (χ4v) is 2.03. The first-order chi connectivity index (χ1) is 7.45. The van der Waals surface area contributed by atoms with Crippen LogP contribution in [0, 0.1) is 5.82 Å². The lowest BCUT2D eigenvalue weighted by Gasteiger charge is -2.08. The minimum Gasteiger partial charge on any atom is -0.492 e. The second kappa shape index (κ2) is 5.32. The molecule has 0 aromatic heterocycles. The van der Waals surface area contributed by atoms with Gasteiger partial charge in [0.2, 0.25) is 0 Å². The molecule has 3 nitrogen and oxygen atoms in total. The summed E-state index contributed by atoms with van der Waals surface area (Å²) in [5.41, 5.74) is 0. The van der Waals surface area contributed by atoms with Gasteiger partial charge in [0.1, 0.15) is 16.5 Å². The van der Waals surface area contributed by atoms with Crippen LogP contribution in [0.5, 0.6) is 5.75 Å². The van der Waals surface area contributed by atoms with Crippen LogP contribution < -0.4 is 4.74 Å². The lowest BCUT2D eigenvalue weighted by molar-refractivity contribution is 0.316. The van der Waals surface area contributed by atoms with Crippen LogP contribution in [-0.2, 0) is 9.05 Å². The Morgan fingerprint density at radius 1 is 1.50 bits per heavy atom. The Bertz CT molecular complexity index is 485. The maximum absolute atomic E-state index is 12.9. The van der Waals surface area contributed by atoms with E-state index in [0.29, 0.717) is 6.42 Å². The molecule has 0 saturated heterocycles. The average molecular weight is 265 g/mol. The quantitative estimate of drug-likeness (QED) is 0.467. The second-order valence-electron chi connectivity index (χ2n) is 2.95. The molecule has 0 fully saturated rings. The zero-order chi connectivity index (χ0) is 12.2. The number of ether oxygens (including phenoxy) is 1. The minimum atomic E-state index is -4.01. The number of rotatable bonds is 5. The number of hydrogen-bond donors (Lipinski definition) is 0. The lowest BCUT2D eigenvalue weighted by atomic mass is 10.3. The van der Waals surface area contributed by atoms with Gasteiger partial charge in [0.15, 0.2) is 0 Å². The molecule has 1 aromatic carbocycles. The van der Waals surface area contributed by atoms with Crippen LogP contribution in [0.1, 0.15) is 6.42 Å². The van der Waals surface area contributed by atoms with Crippen LogP contribution in [0.3, 0.4) is 0 Å². The SMILES string of the molecule is C=CCCOc1ccc(F)cc1S(=O)(=O)Cl. The summed E-state index contributed by atoms with van der Waals surface area (Å²) in [7, 11) is 1.14. The Kier molecular flexibility index (Phi) is 4.32. The third-order valence-corrected chi connectivity index (χ3v) is 3.09. The van der Waals surface area contributed by atoms with Gasteiger partial charge in [-0.3, -0.25) is 0 Å². The summed E-state index contributed by atoms with van der Waals surface area (Å²) in [6.45, 7) is 3.75. The molecule has 0 atom stereocenters. The van der Waals surface area contributed by atoms with E-state index in [0.717, 1.165) is 12.1 Å². The molecular formula is C10H10ClFO3S. The maximum Gasteiger partial charge on any atom is 0.265 e. The zero-order valence-electron chi connectivity index (χ0n) is 8.32. The monoisotopic (exact) mass is 264 g/mol. The normalized spacial score (nSPS) is 11.1. The van der Waals surface area contributed by atoms with E-state index >= 15 is 0 Å². The van der Waals surface area contributed by atoms with Crippen molar-refractivity contribution in [2.45, 2.75) is 11.3 Å². The third-order valence-electron chi connectivity index (χ3n) is 1.75. The summed E-state index contributed by atoms with van der Waals surface area (Å²) in [5.74, 6) is -0.645. The molecule has 1 rings (SSSR count). The fraction of sp³-hybridized carbons (Fsp3) is 0.200. The second-order valence-corrected chi connectivity index (χ2v) is 5.49. The fourth-order valence-electron chi connectivity index (χ4n) is 1.04. The van der Waals surface area contributed by atoms with Gasteiger partial charge in [0, 0.05) is 10.7 Å². The number of benzene rings is 1. The van der Waals surface area contributed by atoms with E-state index < -0.39 is 14.9 Å². The minimum absolute atomic E-state index is 0.0400. The largest absolute Gasteiger partial charge is 0.492 e. The number of hydrogen-bond acceptors (Lipinski definition) is 3. The highest BCUT2D eigenvalue weighted by atomic mass is 35.7. The van der Waals surface area contributed by atoms with Crippen LogP contribution in [0.4, 0.5) is 4.39 Å². The van der Waals surface area contributed by atoms with Crippen molar-refractivity contribution in [2.75, 3.05) is 6.61 Å². The summed E-state index contributed by atoms with van der Waals surface area (Å²) in [6.07, 6.45) is 2.18. The topological polar surface area (TPSA) is 43.4 Å². The summed E-state index contributed by atoms with van der Waals surface area (Å²) in [4.78, 5) is -0.363. The van der Waals surface area contributed by atoms with Gasteiger partial charge >= 0.3 is 0 Å². The molecule has 0 N–H and O–H groups in total.